The van der Waals surface area contributed by atoms with Gasteiger partial charge in [0.25, 0.3) is 0 Å². The third-order valence-electron chi connectivity index (χ3n) is 6.36. The molecule has 0 saturated carbocycles. The summed E-state index contributed by atoms with van der Waals surface area (Å²) in [6.45, 7) is 2.43. The van der Waals surface area contributed by atoms with Gasteiger partial charge in [-0.1, -0.05) is 5.92 Å². The zero-order valence-electron chi connectivity index (χ0n) is 21.4. The number of aromatic nitrogens is 4. The zero-order valence-corrected chi connectivity index (χ0v) is 21.4. The maximum atomic E-state index is 12.5. The summed E-state index contributed by atoms with van der Waals surface area (Å²) < 4.78 is 17.7. The summed E-state index contributed by atoms with van der Waals surface area (Å²) in [6, 6.07) is 6.89. The number of hydrogen-bond acceptors (Lipinski definition) is 10. The van der Waals surface area contributed by atoms with E-state index >= 15 is 0 Å². The zero-order chi connectivity index (χ0) is 27.1. The number of benzene rings is 1. The highest BCUT2D eigenvalue weighted by atomic mass is 16.6. The van der Waals surface area contributed by atoms with Gasteiger partial charge in [-0.05, 0) is 55.9 Å². The van der Waals surface area contributed by atoms with Crippen LogP contribution in [0.4, 0.5) is 10.6 Å². The van der Waals surface area contributed by atoms with Crippen molar-refractivity contribution in [1.29, 1.82) is 0 Å². The number of likely N-dealkylation sites (tertiary alicyclic amines) is 1. The van der Waals surface area contributed by atoms with Gasteiger partial charge in [-0.3, -0.25) is 4.57 Å². The molecule has 3 heterocycles. The number of imidazole rings is 1. The molecule has 1 aliphatic heterocycles. The first-order chi connectivity index (χ1) is 18.4. The van der Waals surface area contributed by atoms with Crippen LogP contribution in [0.15, 0.2) is 30.6 Å². The van der Waals surface area contributed by atoms with Crippen LogP contribution in [0.25, 0.3) is 11.2 Å². The molecule has 1 aliphatic rings. The molecule has 0 radical (unpaired) electrons. The Morgan fingerprint density at radius 3 is 2.58 bits per heavy atom. The molecule has 38 heavy (non-hydrogen) atoms. The molecule has 2 aromatic heterocycles. The molecule has 1 amide bonds. The Balaban J connectivity index is 1.31. The van der Waals surface area contributed by atoms with E-state index in [0.29, 0.717) is 48.1 Å². The number of nitrogens with zero attached hydrogens (tertiary/aromatic N) is 5. The quantitative estimate of drug-likeness (QED) is 0.371. The van der Waals surface area contributed by atoms with Crippen LogP contribution in [0, 0.1) is 17.8 Å². The van der Waals surface area contributed by atoms with Gasteiger partial charge in [0.1, 0.15) is 29.9 Å². The van der Waals surface area contributed by atoms with Crippen molar-refractivity contribution >= 4 is 23.1 Å². The van der Waals surface area contributed by atoms with E-state index in [9.17, 15) is 15.0 Å². The van der Waals surface area contributed by atoms with E-state index in [1.54, 1.807) is 47.8 Å². The Bertz CT molecular complexity index is 1290. The number of hydrogen-bond donors (Lipinski definition) is 3. The Labute approximate surface area is 220 Å². The third kappa shape index (κ3) is 6.69. The molecule has 0 unspecified atom stereocenters. The number of nitrogens with two attached hydrogens (primary N) is 1. The molecule has 1 aromatic carbocycles. The van der Waals surface area contributed by atoms with Crippen molar-refractivity contribution in [3.8, 4) is 23.3 Å². The lowest BCUT2D eigenvalue weighted by molar-refractivity contribution is -0.0804. The van der Waals surface area contributed by atoms with Crippen molar-refractivity contribution in [2.75, 3.05) is 32.5 Å². The van der Waals surface area contributed by atoms with Gasteiger partial charge in [0, 0.05) is 19.5 Å². The number of piperidine rings is 1. The summed E-state index contributed by atoms with van der Waals surface area (Å²) in [5, 5.41) is 19.0. The number of carbonyl (C=O) groups excluding carboxylic acids is 1. The lowest BCUT2D eigenvalue weighted by Crippen LogP contribution is -2.40. The van der Waals surface area contributed by atoms with Gasteiger partial charge >= 0.3 is 6.09 Å². The average Bonchev–Trinajstić information content (AvgIpc) is 3.33. The fourth-order valence-corrected chi connectivity index (χ4v) is 4.04. The minimum Gasteiger partial charge on any atom is -0.497 e. The molecule has 3 aromatic rings. The highest BCUT2D eigenvalue weighted by Crippen LogP contribution is 2.23. The molecule has 0 aliphatic carbocycles. The van der Waals surface area contributed by atoms with Gasteiger partial charge in [0.15, 0.2) is 11.5 Å². The van der Waals surface area contributed by atoms with Gasteiger partial charge in [0.2, 0.25) is 5.82 Å². The Kier molecular flexibility index (Phi) is 8.96. The van der Waals surface area contributed by atoms with E-state index in [1.165, 1.54) is 6.33 Å². The molecule has 4 N–H and O–H groups in total. The van der Waals surface area contributed by atoms with Crippen LogP contribution in [0.5, 0.6) is 11.5 Å². The van der Waals surface area contributed by atoms with Crippen LogP contribution in [-0.4, -0.2) is 79.7 Å². The second-order valence-corrected chi connectivity index (χ2v) is 9.06. The number of aliphatic hydroxyl groups is 2. The topological polar surface area (TPSA) is 158 Å². The maximum Gasteiger partial charge on any atom is 0.415 e. The largest absolute Gasteiger partial charge is 0.497 e. The first-order valence-electron chi connectivity index (χ1n) is 12.4. The highest BCUT2D eigenvalue weighted by Gasteiger charge is 2.24. The molecule has 1 fully saturated rings. The molecule has 4 rings (SSSR count). The Morgan fingerprint density at radius 1 is 1.21 bits per heavy atom. The summed E-state index contributed by atoms with van der Waals surface area (Å²) >= 11 is 0. The molecule has 202 valence electrons. The number of fused-ring (bicyclic) bond motifs is 1. The predicted molar refractivity (Wildman–Crippen MR) is 138 cm³/mol. The Hall–Kier alpha value is -3.92. The monoisotopic (exact) mass is 524 g/mol. The number of methoxy groups -OCH3 is 1. The minimum absolute atomic E-state index is 0.0232. The lowest BCUT2D eigenvalue weighted by Gasteiger charge is -2.30. The third-order valence-corrected chi connectivity index (χ3v) is 6.36. The highest BCUT2D eigenvalue weighted by molar-refractivity contribution is 5.81. The van der Waals surface area contributed by atoms with Gasteiger partial charge < -0.3 is 35.1 Å². The number of amides is 1. The lowest BCUT2D eigenvalue weighted by atomic mass is 9.94. The van der Waals surface area contributed by atoms with E-state index < -0.39 is 12.2 Å². The van der Waals surface area contributed by atoms with Gasteiger partial charge in [-0.25, -0.2) is 19.7 Å². The van der Waals surface area contributed by atoms with Crippen LogP contribution in [-0.2, 0) is 11.5 Å². The van der Waals surface area contributed by atoms with Gasteiger partial charge in [0.05, 0.1) is 26.1 Å². The van der Waals surface area contributed by atoms with Gasteiger partial charge in [-0.15, -0.1) is 0 Å². The average molecular weight is 525 g/mol. The van der Waals surface area contributed by atoms with Crippen molar-refractivity contribution < 1.29 is 29.2 Å². The molecule has 0 bridgehead atoms. The molecule has 2 atom stereocenters. The number of rotatable bonds is 8. The van der Waals surface area contributed by atoms with E-state index in [1.807, 2.05) is 0 Å². The summed E-state index contributed by atoms with van der Waals surface area (Å²) in [7, 11) is 1.58. The summed E-state index contributed by atoms with van der Waals surface area (Å²) in [5.74, 6) is 8.11. The molecule has 12 heteroatoms. The second kappa shape index (κ2) is 12.6. The number of ether oxygens (including phenoxy) is 3. The van der Waals surface area contributed by atoms with Crippen LogP contribution >= 0.6 is 0 Å². The number of nitrogen functional groups attached to an aromatic ring is 1. The van der Waals surface area contributed by atoms with E-state index in [4.69, 9.17) is 19.9 Å². The minimum atomic E-state index is -0.832. The van der Waals surface area contributed by atoms with Crippen molar-refractivity contribution in [3.63, 3.8) is 0 Å². The second-order valence-electron chi connectivity index (χ2n) is 9.06. The number of aliphatic hydroxyl groups excluding tert-OH is 2. The van der Waals surface area contributed by atoms with Crippen molar-refractivity contribution in [1.82, 2.24) is 24.4 Å². The number of carbonyl (C=O) groups is 1. The van der Waals surface area contributed by atoms with Gasteiger partial charge in [-0.2, -0.15) is 0 Å². The summed E-state index contributed by atoms with van der Waals surface area (Å²) in [5.41, 5.74) is 6.93. The molecular formula is C26H32N6O6. The molecule has 12 nitrogen and oxygen atoms in total. The van der Waals surface area contributed by atoms with Crippen LogP contribution in [0.1, 0.15) is 32.0 Å². The van der Waals surface area contributed by atoms with Crippen molar-refractivity contribution in [2.45, 2.75) is 45.1 Å². The van der Waals surface area contributed by atoms with E-state index in [2.05, 4.69) is 26.8 Å². The summed E-state index contributed by atoms with van der Waals surface area (Å²) in [6.07, 6.45) is 1.84. The normalized spacial score (nSPS) is 15.5. The van der Waals surface area contributed by atoms with Crippen molar-refractivity contribution in [2.24, 2.45) is 5.92 Å². The molecular weight excluding hydrogens is 492 g/mol. The first-order valence-corrected chi connectivity index (χ1v) is 12.4. The van der Waals surface area contributed by atoms with E-state index in [-0.39, 0.29) is 31.1 Å². The van der Waals surface area contributed by atoms with Crippen LogP contribution < -0.4 is 15.2 Å². The standard InChI is InChI=1S/C26H32N6O6/c1-17(34)21(14-33)37-16-32-15-28-23-24(27)29-22(30-25(23)32)5-3-4-18-10-12-31(13-11-18)26(35)38-20-8-6-19(36-2)7-9-20/h6-9,15,17-18,21,33-34H,4,10-14,16H2,1-2H3,(H2,27,29,30)/t17-,21-/m1/s1. The smallest absolute Gasteiger partial charge is 0.415 e. The maximum absolute atomic E-state index is 12.5. The Morgan fingerprint density at radius 2 is 1.92 bits per heavy atom. The fourth-order valence-electron chi connectivity index (χ4n) is 4.04. The van der Waals surface area contributed by atoms with Crippen molar-refractivity contribution in [3.05, 3.63) is 36.4 Å². The molecule has 1 saturated heterocycles. The summed E-state index contributed by atoms with van der Waals surface area (Å²) in [4.78, 5) is 27.1. The van der Waals surface area contributed by atoms with Crippen LogP contribution in [0.3, 0.4) is 0 Å². The number of anilines is 1. The fraction of sp³-hybridized carbons (Fsp3) is 0.462. The SMILES string of the molecule is COc1ccc(OC(=O)N2CCC(CC#Cc3nc(N)c4ncn(CO[C@H](CO)[C@@H](C)O)c4n3)CC2)cc1. The van der Waals surface area contributed by atoms with E-state index in [0.717, 1.165) is 12.8 Å². The first kappa shape index (κ1) is 27.1. The van der Waals surface area contributed by atoms with Crippen LogP contribution in [0.2, 0.25) is 0 Å². The predicted octanol–water partition coefficient (Wildman–Crippen LogP) is 1.79. The molecule has 0 spiro atoms.